The molecule has 82 valence electrons. The predicted molar refractivity (Wildman–Crippen MR) is 65.5 cm³/mol. The molecule has 15 heavy (non-hydrogen) atoms. The van der Waals surface area contributed by atoms with Crippen molar-refractivity contribution in [3.8, 4) is 0 Å². The Morgan fingerprint density at radius 3 is 2.80 bits per heavy atom. The minimum absolute atomic E-state index is 0.181. The Hall–Kier alpha value is -0.670. The van der Waals surface area contributed by atoms with Gasteiger partial charge < -0.3 is 10.4 Å². The van der Waals surface area contributed by atoms with Crippen molar-refractivity contribution in [2.24, 2.45) is 0 Å². The van der Waals surface area contributed by atoms with E-state index in [1.165, 1.54) is 4.90 Å². The van der Waals surface area contributed by atoms with Crippen molar-refractivity contribution in [2.75, 3.05) is 11.6 Å². The molecule has 0 heterocycles. The molecule has 0 bridgehead atoms. The molecule has 1 aromatic carbocycles. The lowest BCUT2D eigenvalue weighted by Gasteiger charge is -2.19. The normalized spacial score (nSPS) is 25.5. The number of thioether (sulfide) groups is 1. The number of rotatable bonds is 3. The lowest BCUT2D eigenvalue weighted by atomic mass is 10.2. The van der Waals surface area contributed by atoms with Crippen LogP contribution in [-0.2, 0) is 0 Å². The largest absolute Gasteiger partial charge is 0.391 e. The first kappa shape index (κ1) is 10.8. The lowest BCUT2D eigenvalue weighted by molar-refractivity contribution is 0.171. The second-order valence-electron chi connectivity index (χ2n) is 3.95. The molecule has 0 aromatic heterocycles. The summed E-state index contributed by atoms with van der Waals surface area (Å²) < 4.78 is 0. The highest BCUT2D eigenvalue weighted by molar-refractivity contribution is 7.98. The predicted octanol–water partition coefficient (Wildman–Crippen LogP) is 2.73. The smallest absolute Gasteiger partial charge is 0.0741 e. The molecule has 1 aliphatic carbocycles. The lowest BCUT2D eigenvalue weighted by Crippen LogP contribution is -2.28. The molecule has 2 nitrogen and oxygen atoms in total. The number of benzene rings is 1. The summed E-state index contributed by atoms with van der Waals surface area (Å²) in [6.45, 7) is 0. The SMILES string of the molecule is CSc1ccccc1N[C@H]1CCC[C@@H]1O. The van der Waals surface area contributed by atoms with Crippen molar-refractivity contribution in [1.82, 2.24) is 0 Å². The summed E-state index contributed by atoms with van der Waals surface area (Å²) in [5.41, 5.74) is 1.15. The molecule has 1 aromatic rings. The van der Waals surface area contributed by atoms with Crippen LogP contribution in [0.15, 0.2) is 29.2 Å². The van der Waals surface area contributed by atoms with Crippen LogP contribution in [0.2, 0.25) is 0 Å². The highest BCUT2D eigenvalue weighted by atomic mass is 32.2. The summed E-state index contributed by atoms with van der Waals surface area (Å²) in [7, 11) is 0. The van der Waals surface area contributed by atoms with Gasteiger partial charge in [-0.25, -0.2) is 0 Å². The average Bonchev–Trinajstić information content (AvgIpc) is 2.65. The van der Waals surface area contributed by atoms with Gasteiger partial charge in [0.05, 0.1) is 12.1 Å². The summed E-state index contributed by atoms with van der Waals surface area (Å²) in [6.07, 6.45) is 5.02. The van der Waals surface area contributed by atoms with Crippen LogP contribution in [0, 0.1) is 0 Å². The van der Waals surface area contributed by atoms with Crippen LogP contribution >= 0.6 is 11.8 Å². The zero-order chi connectivity index (χ0) is 10.7. The van der Waals surface area contributed by atoms with Crippen molar-refractivity contribution >= 4 is 17.4 Å². The van der Waals surface area contributed by atoms with Gasteiger partial charge in [0, 0.05) is 10.6 Å². The standard InChI is InChI=1S/C12H17NOS/c1-15-12-8-3-2-5-10(12)13-9-6-4-7-11(9)14/h2-3,5,8-9,11,13-14H,4,6-7H2,1H3/t9-,11-/m0/s1. The van der Waals surface area contributed by atoms with Crippen LogP contribution < -0.4 is 5.32 Å². The van der Waals surface area contributed by atoms with Crippen molar-refractivity contribution in [3.05, 3.63) is 24.3 Å². The van der Waals surface area contributed by atoms with Gasteiger partial charge in [-0.05, 0) is 37.7 Å². The summed E-state index contributed by atoms with van der Waals surface area (Å²) >= 11 is 1.74. The van der Waals surface area contributed by atoms with Crippen LogP contribution in [0.4, 0.5) is 5.69 Å². The molecule has 1 aliphatic rings. The van der Waals surface area contributed by atoms with E-state index < -0.39 is 0 Å². The van der Waals surface area contributed by atoms with E-state index in [-0.39, 0.29) is 12.1 Å². The molecule has 3 heteroatoms. The van der Waals surface area contributed by atoms with Crippen molar-refractivity contribution in [1.29, 1.82) is 0 Å². The van der Waals surface area contributed by atoms with E-state index in [9.17, 15) is 5.11 Å². The fraction of sp³-hybridized carbons (Fsp3) is 0.500. The van der Waals surface area contributed by atoms with Gasteiger partial charge in [0.25, 0.3) is 0 Å². The number of para-hydroxylation sites is 1. The number of aliphatic hydroxyl groups excluding tert-OH is 1. The van der Waals surface area contributed by atoms with Gasteiger partial charge in [-0.3, -0.25) is 0 Å². The molecule has 0 unspecified atom stereocenters. The molecule has 0 amide bonds. The molecule has 2 N–H and O–H groups in total. The molecule has 1 fully saturated rings. The topological polar surface area (TPSA) is 32.3 Å². The molecule has 0 spiro atoms. The molecular weight excluding hydrogens is 206 g/mol. The van der Waals surface area contributed by atoms with Crippen molar-refractivity contribution in [3.63, 3.8) is 0 Å². The van der Waals surface area contributed by atoms with Crippen LogP contribution in [0.1, 0.15) is 19.3 Å². The highest BCUT2D eigenvalue weighted by Crippen LogP contribution is 2.29. The maximum absolute atomic E-state index is 9.74. The maximum atomic E-state index is 9.74. The van der Waals surface area contributed by atoms with E-state index in [4.69, 9.17) is 0 Å². The number of hydrogen-bond donors (Lipinski definition) is 2. The van der Waals surface area contributed by atoms with Gasteiger partial charge in [-0.1, -0.05) is 12.1 Å². The maximum Gasteiger partial charge on any atom is 0.0741 e. The van der Waals surface area contributed by atoms with Crippen molar-refractivity contribution in [2.45, 2.75) is 36.3 Å². The average molecular weight is 223 g/mol. The monoisotopic (exact) mass is 223 g/mol. The zero-order valence-electron chi connectivity index (χ0n) is 8.94. The number of nitrogens with one attached hydrogen (secondary N) is 1. The van der Waals surface area contributed by atoms with Gasteiger partial charge >= 0.3 is 0 Å². The fourth-order valence-electron chi connectivity index (χ4n) is 2.07. The van der Waals surface area contributed by atoms with Crippen LogP contribution in [0.3, 0.4) is 0 Å². The van der Waals surface area contributed by atoms with Crippen LogP contribution in [0.25, 0.3) is 0 Å². The summed E-state index contributed by atoms with van der Waals surface area (Å²) in [4.78, 5) is 1.25. The Kier molecular flexibility index (Phi) is 3.54. The van der Waals surface area contributed by atoms with Crippen LogP contribution in [-0.4, -0.2) is 23.5 Å². The van der Waals surface area contributed by atoms with Gasteiger partial charge in [0.15, 0.2) is 0 Å². The van der Waals surface area contributed by atoms with E-state index in [1.54, 1.807) is 11.8 Å². The van der Waals surface area contributed by atoms with E-state index in [1.807, 2.05) is 12.1 Å². The summed E-state index contributed by atoms with van der Waals surface area (Å²) in [5, 5.41) is 13.2. The van der Waals surface area contributed by atoms with Gasteiger partial charge in [-0.15, -0.1) is 11.8 Å². The Morgan fingerprint density at radius 2 is 2.13 bits per heavy atom. The molecule has 0 aliphatic heterocycles. The Morgan fingerprint density at radius 1 is 1.33 bits per heavy atom. The Bertz CT molecular complexity index is 329. The molecular formula is C12H17NOS. The van der Waals surface area contributed by atoms with E-state index in [2.05, 4.69) is 23.7 Å². The third-order valence-electron chi connectivity index (χ3n) is 2.93. The summed E-state index contributed by atoms with van der Waals surface area (Å²) in [6, 6.07) is 8.50. The Balaban J connectivity index is 2.09. The third kappa shape index (κ3) is 2.47. The second-order valence-corrected chi connectivity index (χ2v) is 4.80. The quantitative estimate of drug-likeness (QED) is 0.773. The third-order valence-corrected chi connectivity index (χ3v) is 3.72. The molecule has 0 saturated heterocycles. The minimum atomic E-state index is -0.181. The van der Waals surface area contributed by atoms with Crippen molar-refractivity contribution < 1.29 is 5.11 Å². The molecule has 2 rings (SSSR count). The number of aliphatic hydroxyl groups is 1. The molecule has 0 radical (unpaired) electrons. The second kappa shape index (κ2) is 4.90. The Labute approximate surface area is 95.1 Å². The van der Waals surface area contributed by atoms with Gasteiger partial charge in [0.2, 0.25) is 0 Å². The van der Waals surface area contributed by atoms with E-state index in [0.717, 1.165) is 24.9 Å². The minimum Gasteiger partial charge on any atom is -0.391 e. The summed E-state index contributed by atoms with van der Waals surface area (Å²) in [5.74, 6) is 0. The van der Waals surface area contributed by atoms with Gasteiger partial charge in [-0.2, -0.15) is 0 Å². The fourth-order valence-corrected chi connectivity index (χ4v) is 2.63. The van der Waals surface area contributed by atoms with E-state index in [0.29, 0.717) is 0 Å². The number of anilines is 1. The van der Waals surface area contributed by atoms with E-state index >= 15 is 0 Å². The first-order valence-electron chi connectivity index (χ1n) is 5.39. The molecule has 2 atom stereocenters. The molecule has 1 saturated carbocycles. The highest BCUT2D eigenvalue weighted by Gasteiger charge is 2.25. The van der Waals surface area contributed by atoms with Crippen LogP contribution in [0.5, 0.6) is 0 Å². The van der Waals surface area contributed by atoms with Gasteiger partial charge in [0.1, 0.15) is 0 Å². The number of hydrogen-bond acceptors (Lipinski definition) is 3. The first-order valence-corrected chi connectivity index (χ1v) is 6.61. The zero-order valence-corrected chi connectivity index (χ0v) is 9.76. The first-order chi connectivity index (χ1) is 7.31.